The van der Waals surface area contributed by atoms with E-state index in [0.29, 0.717) is 0 Å². The Balaban J connectivity index is 2.53. The molecular weight excluding hydrogens is 523 g/mol. The van der Waals surface area contributed by atoms with Gasteiger partial charge in [-0.15, -0.1) is 0 Å². The lowest BCUT2D eigenvalue weighted by Gasteiger charge is -2.47. The molecule has 0 heterocycles. The fourth-order valence-corrected chi connectivity index (χ4v) is 7.07. The van der Waals surface area contributed by atoms with Crippen LogP contribution in [0.15, 0.2) is 24.3 Å². The van der Waals surface area contributed by atoms with Crippen LogP contribution >= 0.6 is 8.60 Å². The predicted molar refractivity (Wildman–Crippen MR) is 177 cm³/mol. The zero-order chi connectivity index (χ0) is 31.2. The lowest BCUT2D eigenvalue weighted by molar-refractivity contribution is 0.0717. The lowest BCUT2D eigenvalue weighted by atomic mass is 9.62. The molecule has 0 aromatic heterocycles. The molecule has 41 heavy (non-hydrogen) atoms. The van der Waals surface area contributed by atoms with E-state index in [1.54, 1.807) is 0 Å². The summed E-state index contributed by atoms with van der Waals surface area (Å²) in [5, 5.41) is 0. The van der Waals surface area contributed by atoms with E-state index in [9.17, 15) is 9.79 Å². The van der Waals surface area contributed by atoms with E-state index in [4.69, 9.17) is 4.52 Å². The molecule has 0 atom stereocenters. The minimum atomic E-state index is -2.61. The summed E-state index contributed by atoms with van der Waals surface area (Å²) in [6, 6.07) is 9.55. The predicted octanol–water partition coefficient (Wildman–Crippen LogP) is 10.6. The summed E-state index contributed by atoms with van der Waals surface area (Å²) in [5.41, 5.74) is 8.79. The third-order valence-corrected chi connectivity index (χ3v) is 9.32. The first-order chi connectivity index (χ1) is 18.6. The summed E-state index contributed by atoms with van der Waals surface area (Å²) in [6.45, 7) is 29.6. The van der Waals surface area contributed by atoms with E-state index in [1.807, 2.05) is 0 Å². The maximum absolute atomic E-state index is 10.7. The molecule has 3 rings (SSSR count). The fraction of sp³-hybridized carbons (Fsp3) is 0.676. The van der Waals surface area contributed by atoms with Gasteiger partial charge in [-0.25, -0.2) is 0 Å². The second-order valence-electron chi connectivity index (χ2n) is 16.6. The van der Waals surface area contributed by atoms with Crippen molar-refractivity contribution in [3.63, 3.8) is 0 Å². The van der Waals surface area contributed by atoms with E-state index in [-0.39, 0.29) is 21.7 Å². The van der Waals surface area contributed by atoms with Gasteiger partial charge >= 0.3 is 8.60 Å². The normalized spacial score (nSPS) is 15.7. The highest BCUT2D eigenvalue weighted by atomic mass is 31.2. The molecule has 0 bridgehead atoms. The standard InChI is InChI=1S/C37H59O3P/c1-14-15-16-17-18-19-37(40-41(38)39)31-25(21-27(33(2,3)4)23-29(31)35(8,9)10)20-26-22-28(34(5,6)7)24-30(32(26)37)36(11,12)13/h21-24,38-39H,14-20H2,1-13H3. The molecule has 1 aliphatic rings. The average molecular weight is 583 g/mol. The molecule has 0 saturated carbocycles. The maximum Gasteiger partial charge on any atom is 0.328 e. The van der Waals surface area contributed by atoms with Gasteiger partial charge in [0.2, 0.25) is 0 Å². The number of rotatable bonds is 8. The van der Waals surface area contributed by atoms with Gasteiger partial charge in [0.05, 0.1) is 0 Å². The highest BCUT2D eigenvalue weighted by Gasteiger charge is 2.49. The number of fused-ring (bicyclic) bond motifs is 2. The molecule has 230 valence electrons. The summed E-state index contributed by atoms with van der Waals surface area (Å²) in [6.07, 6.45) is 7.22. The summed E-state index contributed by atoms with van der Waals surface area (Å²) < 4.78 is 6.64. The van der Waals surface area contributed by atoms with Gasteiger partial charge in [-0.2, -0.15) is 0 Å². The Morgan fingerprint density at radius 1 is 0.634 bits per heavy atom. The van der Waals surface area contributed by atoms with Crippen molar-refractivity contribution < 1.29 is 14.3 Å². The lowest BCUT2D eigenvalue weighted by Crippen LogP contribution is -2.41. The molecule has 0 unspecified atom stereocenters. The van der Waals surface area contributed by atoms with Crippen LogP contribution in [0.5, 0.6) is 0 Å². The molecule has 1 aliphatic carbocycles. The Morgan fingerprint density at radius 2 is 1.05 bits per heavy atom. The van der Waals surface area contributed by atoms with Crippen LogP contribution in [0.4, 0.5) is 0 Å². The smallest absolute Gasteiger partial charge is 0.328 e. The van der Waals surface area contributed by atoms with Gasteiger partial charge in [-0.1, -0.05) is 140 Å². The molecule has 0 fully saturated rings. The molecule has 2 N–H and O–H groups in total. The molecule has 0 spiro atoms. The summed E-state index contributed by atoms with van der Waals surface area (Å²) in [7, 11) is -2.61. The Hall–Kier alpha value is -1.25. The number of benzene rings is 2. The quantitative estimate of drug-likeness (QED) is 0.240. The van der Waals surface area contributed by atoms with Crippen LogP contribution in [0.1, 0.15) is 173 Å². The molecule has 0 radical (unpaired) electrons. The molecule has 2 aromatic rings. The second kappa shape index (κ2) is 12.0. The van der Waals surface area contributed by atoms with Crippen molar-refractivity contribution in [2.24, 2.45) is 0 Å². The zero-order valence-electron chi connectivity index (χ0n) is 28.5. The number of hydrogen-bond acceptors (Lipinski definition) is 3. The molecular formula is C37H59O3P. The van der Waals surface area contributed by atoms with Crippen LogP contribution in [-0.4, -0.2) is 9.79 Å². The van der Waals surface area contributed by atoms with Gasteiger partial charge in [0, 0.05) is 0 Å². The maximum atomic E-state index is 10.7. The minimum Gasteiger partial charge on any atom is -0.328 e. The first-order valence-corrected chi connectivity index (χ1v) is 17.0. The number of unbranched alkanes of at least 4 members (excludes halogenated alkanes) is 4. The van der Waals surface area contributed by atoms with Crippen LogP contribution < -0.4 is 0 Å². The van der Waals surface area contributed by atoms with Crippen LogP contribution in [0, 0.1) is 0 Å². The summed E-state index contributed by atoms with van der Waals surface area (Å²) >= 11 is 0. The van der Waals surface area contributed by atoms with Crippen molar-refractivity contribution in [1.29, 1.82) is 0 Å². The third-order valence-electron chi connectivity index (χ3n) is 8.85. The van der Waals surface area contributed by atoms with Crippen LogP contribution in [-0.2, 0) is 38.2 Å². The van der Waals surface area contributed by atoms with Gasteiger partial charge in [0.25, 0.3) is 0 Å². The van der Waals surface area contributed by atoms with E-state index in [2.05, 4.69) is 114 Å². The first-order valence-electron chi connectivity index (χ1n) is 15.9. The van der Waals surface area contributed by atoms with Crippen LogP contribution in [0.25, 0.3) is 0 Å². The highest BCUT2D eigenvalue weighted by molar-refractivity contribution is 7.39. The van der Waals surface area contributed by atoms with Crippen molar-refractivity contribution in [3.8, 4) is 0 Å². The van der Waals surface area contributed by atoms with Gasteiger partial charge < -0.3 is 9.79 Å². The van der Waals surface area contributed by atoms with Gasteiger partial charge in [-0.05, 0) is 85.4 Å². The largest absolute Gasteiger partial charge is 0.328 e. The molecule has 4 heteroatoms. The molecule has 2 aromatic carbocycles. The van der Waals surface area contributed by atoms with Gasteiger partial charge in [0.15, 0.2) is 0 Å². The van der Waals surface area contributed by atoms with E-state index < -0.39 is 14.2 Å². The van der Waals surface area contributed by atoms with Crippen LogP contribution in [0.2, 0.25) is 0 Å². The SMILES string of the molecule is CCCCCCCC1(OP(O)O)c2c(cc(C(C)(C)C)cc2C(C)(C)C)Cc2cc(C(C)(C)C)cc(C(C)(C)C)c21. The summed E-state index contributed by atoms with van der Waals surface area (Å²) in [5.74, 6) is 0. The first kappa shape index (κ1) is 34.2. The molecule has 0 amide bonds. The molecule has 3 nitrogen and oxygen atoms in total. The highest BCUT2D eigenvalue weighted by Crippen LogP contribution is 2.57. The Kier molecular flexibility index (Phi) is 10.0. The Labute approximate surface area is 253 Å². The zero-order valence-corrected chi connectivity index (χ0v) is 29.4. The van der Waals surface area contributed by atoms with Gasteiger partial charge in [0.1, 0.15) is 5.60 Å². The van der Waals surface area contributed by atoms with Crippen molar-refractivity contribution in [2.75, 3.05) is 0 Å². The van der Waals surface area contributed by atoms with Crippen LogP contribution in [0.3, 0.4) is 0 Å². The Bertz CT molecular complexity index is 1130. The fourth-order valence-electron chi connectivity index (χ4n) is 6.52. The third kappa shape index (κ3) is 7.46. The Morgan fingerprint density at radius 3 is 1.39 bits per heavy atom. The average Bonchev–Trinajstić information content (AvgIpc) is 2.79. The summed E-state index contributed by atoms with van der Waals surface area (Å²) in [4.78, 5) is 21.4. The monoisotopic (exact) mass is 582 g/mol. The van der Waals surface area contributed by atoms with Crippen molar-refractivity contribution in [3.05, 3.63) is 68.8 Å². The minimum absolute atomic E-state index is 0.0105. The van der Waals surface area contributed by atoms with Crippen molar-refractivity contribution >= 4 is 8.60 Å². The molecule has 0 aliphatic heterocycles. The molecule has 0 saturated heterocycles. The van der Waals surface area contributed by atoms with E-state index in [0.717, 1.165) is 25.7 Å². The van der Waals surface area contributed by atoms with E-state index in [1.165, 1.54) is 63.8 Å². The number of hydrogen-bond donors (Lipinski definition) is 2. The van der Waals surface area contributed by atoms with Crippen molar-refractivity contribution in [1.82, 2.24) is 0 Å². The van der Waals surface area contributed by atoms with E-state index >= 15 is 0 Å². The second-order valence-corrected chi connectivity index (χ2v) is 17.3. The van der Waals surface area contributed by atoms with Gasteiger partial charge in [-0.3, -0.25) is 4.52 Å². The topological polar surface area (TPSA) is 49.7 Å². The van der Waals surface area contributed by atoms with Crippen molar-refractivity contribution in [2.45, 2.75) is 162 Å².